The van der Waals surface area contributed by atoms with Crippen molar-refractivity contribution in [1.29, 1.82) is 0 Å². The van der Waals surface area contributed by atoms with Crippen molar-refractivity contribution in [2.75, 3.05) is 19.8 Å². The van der Waals surface area contributed by atoms with Gasteiger partial charge >= 0.3 is 0 Å². The summed E-state index contributed by atoms with van der Waals surface area (Å²) in [5.41, 5.74) is -0.190. The number of carbonyl (C=O) groups is 1. The molecule has 7 heteroatoms. The molecule has 0 aromatic heterocycles. The molecule has 0 saturated carbocycles. The Morgan fingerprint density at radius 3 is 2.71 bits per heavy atom. The van der Waals surface area contributed by atoms with Crippen LogP contribution < -0.4 is 5.32 Å². The van der Waals surface area contributed by atoms with Gasteiger partial charge in [-0.05, 0) is 19.1 Å². The van der Waals surface area contributed by atoms with Crippen LogP contribution in [0.3, 0.4) is 0 Å². The minimum Gasteiger partial charge on any atom is -0.388 e. The van der Waals surface area contributed by atoms with Crippen molar-refractivity contribution in [3.05, 3.63) is 39.4 Å². The number of nitro groups is 1. The van der Waals surface area contributed by atoms with Gasteiger partial charge in [0.05, 0.1) is 10.5 Å². The van der Waals surface area contributed by atoms with Gasteiger partial charge in [-0.25, -0.2) is 0 Å². The third kappa shape index (κ3) is 3.77. The number of aliphatic hydroxyl groups is 1. The van der Waals surface area contributed by atoms with Crippen LogP contribution in [0, 0.1) is 17.0 Å². The van der Waals surface area contributed by atoms with Gasteiger partial charge in [0.25, 0.3) is 11.6 Å². The summed E-state index contributed by atoms with van der Waals surface area (Å²) < 4.78 is 5.17. The second-order valence-corrected chi connectivity index (χ2v) is 5.28. The van der Waals surface area contributed by atoms with Crippen LogP contribution in [0.15, 0.2) is 18.2 Å². The molecular weight excluding hydrogens is 276 g/mol. The molecule has 0 radical (unpaired) electrons. The van der Waals surface area contributed by atoms with Gasteiger partial charge in [0.2, 0.25) is 0 Å². The molecule has 1 aliphatic heterocycles. The van der Waals surface area contributed by atoms with Crippen molar-refractivity contribution < 1.29 is 19.6 Å². The summed E-state index contributed by atoms with van der Waals surface area (Å²) in [6.07, 6.45) is 0.957. The molecule has 1 aromatic carbocycles. The van der Waals surface area contributed by atoms with Crippen LogP contribution in [0.25, 0.3) is 0 Å². The molecule has 0 atom stereocenters. The van der Waals surface area contributed by atoms with E-state index in [1.54, 1.807) is 6.92 Å². The maximum absolute atomic E-state index is 12.0. The molecule has 0 unspecified atom stereocenters. The van der Waals surface area contributed by atoms with E-state index in [0.717, 1.165) is 0 Å². The van der Waals surface area contributed by atoms with Crippen molar-refractivity contribution in [1.82, 2.24) is 5.32 Å². The maximum atomic E-state index is 12.0. The Morgan fingerprint density at radius 2 is 2.14 bits per heavy atom. The highest BCUT2D eigenvalue weighted by Gasteiger charge is 2.30. The first-order valence-corrected chi connectivity index (χ1v) is 6.75. The van der Waals surface area contributed by atoms with E-state index in [2.05, 4.69) is 5.32 Å². The Kier molecular flexibility index (Phi) is 4.54. The van der Waals surface area contributed by atoms with E-state index < -0.39 is 10.5 Å². The fraction of sp³-hybridized carbons (Fsp3) is 0.500. The predicted octanol–water partition coefficient (Wildman–Crippen LogP) is 1.17. The zero-order chi connectivity index (χ0) is 15.5. The second kappa shape index (κ2) is 6.19. The summed E-state index contributed by atoms with van der Waals surface area (Å²) in [5.74, 6) is -0.354. The molecule has 2 N–H and O–H groups in total. The molecule has 1 fully saturated rings. The first kappa shape index (κ1) is 15.4. The Bertz CT molecular complexity index is 552. The van der Waals surface area contributed by atoms with Crippen molar-refractivity contribution in [3.8, 4) is 0 Å². The summed E-state index contributed by atoms with van der Waals surface area (Å²) in [6, 6.07) is 4.20. The van der Waals surface area contributed by atoms with Crippen LogP contribution in [0.5, 0.6) is 0 Å². The summed E-state index contributed by atoms with van der Waals surface area (Å²) in [5, 5.41) is 23.7. The number of carbonyl (C=O) groups excluding carboxylic acids is 1. The number of nitrogens with one attached hydrogen (secondary N) is 1. The average Bonchev–Trinajstić information content (AvgIpc) is 2.45. The molecule has 1 aliphatic rings. The third-order valence-electron chi connectivity index (χ3n) is 3.66. The number of nitrogens with zero attached hydrogens (tertiary/aromatic N) is 1. The molecule has 2 rings (SSSR count). The van der Waals surface area contributed by atoms with Crippen molar-refractivity contribution in [2.24, 2.45) is 0 Å². The highest BCUT2D eigenvalue weighted by molar-refractivity contribution is 5.94. The number of hydrogen-bond donors (Lipinski definition) is 2. The van der Waals surface area contributed by atoms with Crippen molar-refractivity contribution >= 4 is 11.6 Å². The monoisotopic (exact) mass is 294 g/mol. The Labute approximate surface area is 122 Å². The molecule has 0 aliphatic carbocycles. The lowest BCUT2D eigenvalue weighted by atomic mass is 9.94. The van der Waals surface area contributed by atoms with Crippen LogP contribution in [0.2, 0.25) is 0 Å². The highest BCUT2D eigenvalue weighted by Crippen LogP contribution is 2.21. The molecule has 1 aromatic rings. The molecule has 1 amide bonds. The normalized spacial score (nSPS) is 17.2. The summed E-state index contributed by atoms with van der Waals surface area (Å²) in [4.78, 5) is 22.3. The number of aryl methyl sites for hydroxylation is 1. The van der Waals surface area contributed by atoms with Gasteiger partial charge in [-0.2, -0.15) is 0 Å². The van der Waals surface area contributed by atoms with Gasteiger partial charge in [0.15, 0.2) is 0 Å². The smallest absolute Gasteiger partial charge is 0.272 e. The second-order valence-electron chi connectivity index (χ2n) is 5.28. The van der Waals surface area contributed by atoms with E-state index in [0.29, 0.717) is 37.2 Å². The molecule has 1 saturated heterocycles. The summed E-state index contributed by atoms with van der Waals surface area (Å²) >= 11 is 0. The van der Waals surface area contributed by atoms with Crippen LogP contribution >= 0.6 is 0 Å². The minimum absolute atomic E-state index is 0.0189. The molecule has 7 nitrogen and oxygen atoms in total. The lowest BCUT2D eigenvalue weighted by molar-refractivity contribution is -0.385. The topological polar surface area (TPSA) is 102 Å². The average molecular weight is 294 g/mol. The number of benzene rings is 1. The lowest BCUT2D eigenvalue weighted by Crippen LogP contribution is -2.46. The summed E-state index contributed by atoms with van der Waals surface area (Å²) in [6.45, 7) is 2.68. The fourth-order valence-corrected chi connectivity index (χ4v) is 2.28. The first-order chi connectivity index (χ1) is 9.91. The zero-order valence-corrected chi connectivity index (χ0v) is 11.8. The number of hydrogen-bond acceptors (Lipinski definition) is 5. The molecule has 1 heterocycles. The van der Waals surface area contributed by atoms with Crippen LogP contribution in [-0.2, 0) is 4.74 Å². The van der Waals surface area contributed by atoms with E-state index in [-0.39, 0.29) is 18.1 Å². The van der Waals surface area contributed by atoms with Crippen molar-refractivity contribution in [2.45, 2.75) is 25.4 Å². The largest absolute Gasteiger partial charge is 0.388 e. The Balaban J connectivity index is 2.00. The van der Waals surface area contributed by atoms with Gasteiger partial charge in [-0.1, -0.05) is 0 Å². The van der Waals surface area contributed by atoms with E-state index in [1.165, 1.54) is 18.2 Å². The zero-order valence-electron chi connectivity index (χ0n) is 11.8. The summed E-state index contributed by atoms with van der Waals surface area (Å²) in [7, 11) is 0. The first-order valence-electron chi connectivity index (χ1n) is 6.75. The maximum Gasteiger partial charge on any atom is 0.272 e. The highest BCUT2D eigenvalue weighted by atomic mass is 16.6. The van der Waals surface area contributed by atoms with Crippen LogP contribution in [0.1, 0.15) is 28.8 Å². The molecular formula is C14H18N2O5. The number of amides is 1. The third-order valence-corrected chi connectivity index (χ3v) is 3.66. The molecule has 0 bridgehead atoms. The van der Waals surface area contributed by atoms with Gasteiger partial charge < -0.3 is 15.2 Å². The Hall–Kier alpha value is -1.99. The molecule has 114 valence electrons. The van der Waals surface area contributed by atoms with Gasteiger partial charge in [0, 0.05) is 49.8 Å². The van der Waals surface area contributed by atoms with Crippen molar-refractivity contribution in [3.63, 3.8) is 0 Å². The van der Waals surface area contributed by atoms with Gasteiger partial charge in [-0.15, -0.1) is 0 Å². The fourth-order valence-electron chi connectivity index (χ4n) is 2.28. The SMILES string of the molecule is Cc1cc(C(=O)NCC2(O)CCOCC2)ccc1[N+](=O)[O-]. The van der Waals surface area contributed by atoms with Gasteiger partial charge in [-0.3, -0.25) is 14.9 Å². The molecule has 21 heavy (non-hydrogen) atoms. The molecule has 0 spiro atoms. The van der Waals surface area contributed by atoms with E-state index in [9.17, 15) is 20.0 Å². The van der Waals surface area contributed by atoms with Crippen LogP contribution in [0.4, 0.5) is 5.69 Å². The number of ether oxygens (including phenoxy) is 1. The minimum atomic E-state index is -0.941. The number of rotatable bonds is 4. The Morgan fingerprint density at radius 1 is 1.48 bits per heavy atom. The van der Waals surface area contributed by atoms with E-state index >= 15 is 0 Å². The quantitative estimate of drug-likeness (QED) is 0.641. The van der Waals surface area contributed by atoms with Crippen LogP contribution in [-0.4, -0.2) is 41.3 Å². The number of nitro benzene ring substituents is 1. The van der Waals surface area contributed by atoms with Gasteiger partial charge in [0.1, 0.15) is 0 Å². The standard InChI is InChI=1S/C14H18N2O5/c1-10-8-11(2-3-12(10)16(19)20)13(17)15-9-14(18)4-6-21-7-5-14/h2-3,8,18H,4-7,9H2,1H3,(H,15,17). The predicted molar refractivity (Wildman–Crippen MR) is 75.2 cm³/mol. The van der Waals surface area contributed by atoms with E-state index in [4.69, 9.17) is 4.74 Å². The lowest BCUT2D eigenvalue weighted by Gasteiger charge is -2.32. The van der Waals surface area contributed by atoms with E-state index in [1.807, 2.05) is 0 Å².